The first-order valence-electron chi connectivity index (χ1n) is 8.10. The third-order valence-electron chi connectivity index (χ3n) is 5.54. The first kappa shape index (κ1) is 16.1. The van der Waals surface area contributed by atoms with Crippen LogP contribution in [-0.2, 0) is 4.79 Å². The van der Waals surface area contributed by atoms with E-state index < -0.39 is 11.4 Å². The van der Waals surface area contributed by atoms with Gasteiger partial charge >= 0.3 is 12.0 Å². The van der Waals surface area contributed by atoms with Gasteiger partial charge in [0.1, 0.15) is 0 Å². The van der Waals surface area contributed by atoms with Crippen molar-refractivity contribution in [1.82, 2.24) is 10.2 Å². The summed E-state index contributed by atoms with van der Waals surface area (Å²) in [7, 11) is 0. The molecule has 2 rings (SSSR count). The molecule has 1 aliphatic heterocycles. The number of nitrogens with one attached hydrogen (secondary N) is 1. The van der Waals surface area contributed by atoms with Crippen molar-refractivity contribution >= 4 is 12.0 Å². The number of carboxylic acid groups (broad SMARTS) is 1. The maximum absolute atomic E-state index is 12.2. The molecule has 5 nitrogen and oxygen atoms in total. The summed E-state index contributed by atoms with van der Waals surface area (Å²) < 4.78 is 0. The molecule has 1 heterocycles. The summed E-state index contributed by atoms with van der Waals surface area (Å²) in [5.74, 6) is 0.853. The molecule has 2 fully saturated rings. The zero-order valence-electron chi connectivity index (χ0n) is 13.4. The monoisotopic (exact) mass is 296 g/mol. The lowest BCUT2D eigenvalue weighted by Crippen LogP contribution is -2.48. The number of carbonyl (C=O) groups excluding carboxylic acids is 1. The molecule has 5 heteroatoms. The molecule has 1 saturated heterocycles. The van der Waals surface area contributed by atoms with Gasteiger partial charge in [-0.25, -0.2) is 4.79 Å². The lowest BCUT2D eigenvalue weighted by molar-refractivity contribution is -0.151. The molecule has 0 aromatic heterocycles. The van der Waals surface area contributed by atoms with Crippen molar-refractivity contribution in [3.05, 3.63) is 0 Å². The van der Waals surface area contributed by atoms with Crippen molar-refractivity contribution in [2.75, 3.05) is 19.6 Å². The van der Waals surface area contributed by atoms with Crippen molar-refractivity contribution in [2.45, 2.75) is 46.5 Å². The highest BCUT2D eigenvalue weighted by Gasteiger charge is 2.42. The summed E-state index contributed by atoms with van der Waals surface area (Å²) >= 11 is 0. The number of carbonyl (C=O) groups is 2. The van der Waals surface area contributed by atoms with Crippen LogP contribution in [0.25, 0.3) is 0 Å². The molecular weight excluding hydrogens is 268 g/mol. The van der Waals surface area contributed by atoms with Gasteiger partial charge in [0.05, 0.1) is 5.41 Å². The molecule has 0 spiro atoms. The number of amides is 2. The summed E-state index contributed by atoms with van der Waals surface area (Å²) in [6.45, 7) is 8.26. The van der Waals surface area contributed by atoms with Gasteiger partial charge in [0.25, 0.3) is 0 Å². The Bertz CT molecular complexity index is 392. The normalized spacial score (nSPS) is 36.5. The molecule has 1 saturated carbocycles. The number of aliphatic carboxylic acids is 1. The molecule has 0 bridgehead atoms. The Balaban J connectivity index is 1.90. The van der Waals surface area contributed by atoms with Gasteiger partial charge in [-0.1, -0.05) is 20.8 Å². The van der Waals surface area contributed by atoms with Crippen LogP contribution in [0, 0.1) is 23.2 Å². The van der Waals surface area contributed by atoms with E-state index in [0.29, 0.717) is 30.6 Å². The Hall–Kier alpha value is -1.26. The lowest BCUT2D eigenvalue weighted by atomic mass is 9.71. The van der Waals surface area contributed by atoms with Crippen LogP contribution in [0.15, 0.2) is 0 Å². The summed E-state index contributed by atoms with van der Waals surface area (Å²) in [6, 6.07) is -0.106. The Morgan fingerprint density at radius 1 is 1.14 bits per heavy atom. The van der Waals surface area contributed by atoms with Crippen molar-refractivity contribution in [1.29, 1.82) is 0 Å². The van der Waals surface area contributed by atoms with E-state index in [0.717, 1.165) is 25.9 Å². The Labute approximate surface area is 127 Å². The maximum Gasteiger partial charge on any atom is 0.317 e. The standard InChI is InChI=1S/C16H28N2O3/c1-11-4-6-16(7-5-11,14(19)20)10-17-15(21)18-8-12(2)13(3)9-18/h11-13H,4-10H2,1-3H3,(H,17,21)(H,19,20). The number of likely N-dealkylation sites (tertiary alicyclic amines) is 1. The average Bonchev–Trinajstić information content (AvgIpc) is 2.78. The molecule has 2 amide bonds. The second-order valence-electron chi connectivity index (χ2n) is 7.29. The Morgan fingerprint density at radius 2 is 1.67 bits per heavy atom. The van der Waals surface area contributed by atoms with Crippen LogP contribution in [0.5, 0.6) is 0 Å². The highest BCUT2D eigenvalue weighted by molar-refractivity contribution is 5.78. The topological polar surface area (TPSA) is 69.6 Å². The van der Waals surface area contributed by atoms with E-state index in [1.807, 2.05) is 4.90 Å². The van der Waals surface area contributed by atoms with Crippen LogP contribution in [0.3, 0.4) is 0 Å². The molecule has 21 heavy (non-hydrogen) atoms. The summed E-state index contributed by atoms with van der Waals surface area (Å²) in [4.78, 5) is 25.7. The molecular formula is C16H28N2O3. The van der Waals surface area contributed by atoms with Crippen molar-refractivity contribution in [3.8, 4) is 0 Å². The summed E-state index contributed by atoms with van der Waals surface area (Å²) in [5.41, 5.74) is -0.765. The Morgan fingerprint density at radius 3 is 2.14 bits per heavy atom. The van der Waals surface area contributed by atoms with Crippen molar-refractivity contribution < 1.29 is 14.7 Å². The summed E-state index contributed by atoms with van der Waals surface area (Å²) in [5, 5.41) is 12.5. The molecule has 2 N–H and O–H groups in total. The van der Waals surface area contributed by atoms with Gasteiger partial charge in [-0.15, -0.1) is 0 Å². The largest absolute Gasteiger partial charge is 0.481 e. The van der Waals surface area contributed by atoms with Crippen molar-refractivity contribution in [2.24, 2.45) is 23.2 Å². The van der Waals surface area contributed by atoms with Crippen LogP contribution in [0.1, 0.15) is 46.5 Å². The minimum atomic E-state index is -0.766. The van der Waals surface area contributed by atoms with E-state index in [-0.39, 0.29) is 12.6 Å². The van der Waals surface area contributed by atoms with Gasteiger partial charge < -0.3 is 15.3 Å². The molecule has 1 aliphatic carbocycles. The number of hydrogen-bond donors (Lipinski definition) is 2. The minimum absolute atomic E-state index is 0.106. The lowest BCUT2D eigenvalue weighted by Gasteiger charge is -2.36. The second-order valence-corrected chi connectivity index (χ2v) is 7.29. The predicted octanol–water partition coefficient (Wildman–Crippen LogP) is 2.56. The number of urea groups is 1. The van der Waals surface area contributed by atoms with E-state index in [1.54, 1.807) is 0 Å². The SMILES string of the molecule is CC1CCC(CNC(=O)N2CC(C)C(C)C2)(C(=O)O)CC1. The molecule has 2 atom stereocenters. The van der Waals surface area contributed by atoms with Crippen LogP contribution in [-0.4, -0.2) is 41.6 Å². The zero-order chi connectivity index (χ0) is 15.6. The first-order valence-corrected chi connectivity index (χ1v) is 8.10. The number of hydrogen-bond acceptors (Lipinski definition) is 2. The third kappa shape index (κ3) is 3.50. The fourth-order valence-electron chi connectivity index (χ4n) is 3.43. The summed E-state index contributed by atoms with van der Waals surface area (Å²) in [6.07, 6.45) is 3.19. The highest BCUT2D eigenvalue weighted by Crippen LogP contribution is 2.38. The van der Waals surface area contributed by atoms with E-state index >= 15 is 0 Å². The van der Waals surface area contributed by atoms with Crippen LogP contribution >= 0.6 is 0 Å². The zero-order valence-corrected chi connectivity index (χ0v) is 13.4. The molecule has 0 aromatic rings. The van der Waals surface area contributed by atoms with Crippen LogP contribution in [0.4, 0.5) is 4.79 Å². The van der Waals surface area contributed by atoms with Gasteiger partial charge in [0.2, 0.25) is 0 Å². The van der Waals surface area contributed by atoms with E-state index in [4.69, 9.17) is 0 Å². The first-order chi connectivity index (χ1) is 9.84. The fraction of sp³-hybridized carbons (Fsp3) is 0.875. The van der Waals surface area contributed by atoms with Crippen LogP contribution < -0.4 is 5.32 Å². The third-order valence-corrected chi connectivity index (χ3v) is 5.54. The quantitative estimate of drug-likeness (QED) is 0.841. The molecule has 120 valence electrons. The van der Waals surface area contributed by atoms with Gasteiger partial charge in [-0.2, -0.15) is 0 Å². The van der Waals surface area contributed by atoms with E-state index in [9.17, 15) is 14.7 Å². The second kappa shape index (κ2) is 6.24. The predicted molar refractivity (Wildman–Crippen MR) is 81.0 cm³/mol. The van der Waals surface area contributed by atoms with Gasteiger partial charge in [-0.3, -0.25) is 4.79 Å². The molecule has 0 aromatic carbocycles. The smallest absolute Gasteiger partial charge is 0.317 e. The highest BCUT2D eigenvalue weighted by atomic mass is 16.4. The van der Waals surface area contributed by atoms with Crippen molar-refractivity contribution in [3.63, 3.8) is 0 Å². The number of carboxylic acids is 1. The molecule has 2 aliphatic rings. The average molecular weight is 296 g/mol. The van der Waals surface area contributed by atoms with Gasteiger partial charge in [-0.05, 0) is 43.4 Å². The number of rotatable bonds is 3. The minimum Gasteiger partial charge on any atom is -0.481 e. The van der Waals surface area contributed by atoms with E-state index in [1.165, 1.54) is 0 Å². The van der Waals surface area contributed by atoms with Gasteiger partial charge in [0, 0.05) is 19.6 Å². The maximum atomic E-state index is 12.2. The van der Waals surface area contributed by atoms with E-state index in [2.05, 4.69) is 26.1 Å². The van der Waals surface area contributed by atoms with Crippen LogP contribution in [0.2, 0.25) is 0 Å². The Kier molecular flexibility index (Phi) is 4.79. The molecule has 2 unspecified atom stereocenters. The number of nitrogens with zero attached hydrogens (tertiary/aromatic N) is 1. The molecule has 0 radical (unpaired) electrons. The fourth-order valence-corrected chi connectivity index (χ4v) is 3.43. The van der Waals surface area contributed by atoms with Gasteiger partial charge in [0.15, 0.2) is 0 Å².